The quantitative estimate of drug-likeness (QED) is 0.747. The summed E-state index contributed by atoms with van der Waals surface area (Å²) in [7, 11) is 0.176. The van der Waals surface area contributed by atoms with Crippen molar-refractivity contribution in [2.75, 3.05) is 27.2 Å². The second-order valence-corrected chi connectivity index (χ2v) is 9.27. The van der Waals surface area contributed by atoms with Crippen LogP contribution in [0.1, 0.15) is 32.1 Å². The van der Waals surface area contributed by atoms with Crippen LogP contribution in [-0.4, -0.2) is 51.2 Å². The number of halogens is 1. The van der Waals surface area contributed by atoms with E-state index in [2.05, 4.69) is 5.32 Å². The lowest BCUT2D eigenvalue weighted by atomic mass is 10.1. The molecule has 1 amide bonds. The molecule has 1 saturated carbocycles. The average Bonchev–Trinajstić information content (AvgIpc) is 3.03. The lowest BCUT2D eigenvalue weighted by Gasteiger charge is -2.27. The number of nitrogens with one attached hydrogen (secondary N) is 1. The van der Waals surface area contributed by atoms with Gasteiger partial charge in [0.25, 0.3) is 0 Å². The van der Waals surface area contributed by atoms with E-state index in [1.807, 2.05) is 19.0 Å². The van der Waals surface area contributed by atoms with Crippen LogP contribution in [0.4, 0.5) is 0 Å². The molecule has 1 fully saturated rings. The molecule has 0 aliphatic heterocycles. The molecular formula is C17H25ClN2O3S. The third-order valence-electron chi connectivity index (χ3n) is 4.53. The summed E-state index contributed by atoms with van der Waals surface area (Å²) in [5.74, 6) is -0.367. The van der Waals surface area contributed by atoms with Crippen molar-refractivity contribution in [2.24, 2.45) is 0 Å². The van der Waals surface area contributed by atoms with E-state index in [1.165, 1.54) is 12.1 Å². The van der Waals surface area contributed by atoms with Gasteiger partial charge in [-0.25, -0.2) is 8.42 Å². The van der Waals surface area contributed by atoms with Crippen molar-refractivity contribution >= 4 is 27.3 Å². The van der Waals surface area contributed by atoms with E-state index < -0.39 is 14.6 Å². The molecule has 0 radical (unpaired) electrons. The summed E-state index contributed by atoms with van der Waals surface area (Å²) in [5.41, 5.74) is 0. The third-order valence-corrected chi connectivity index (χ3v) is 7.30. The van der Waals surface area contributed by atoms with Crippen molar-refractivity contribution in [3.8, 4) is 0 Å². The van der Waals surface area contributed by atoms with Gasteiger partial charge in [0.2, 0.25) is 5.91 Å². The number of carbonyl (C=O) groups excluding carboxylic acids is 1. The SMILES string of the molecule is CN(C)CCCNC(=O)C1(S(=O)(=O)c2ccc(Cl)cc2)CCCC1. The maximum atomic E-state index is 13.1. The van der Waals surface area contributed by atoms with Crippen LogP contribution in [0.5, 0.6) is 0 Å². The number of hydrogen-bond acceptors (Lipinski definition) is 4. The van der Waals surface area contributed by atoms with Crippen molar-refractivity contribution in [3.63, 3.8) is 0 Å². The third kappa shape index (κ3) is 3.92. The molecule has 1 aliphatic carbocycles. The Kier molecular flexibility index (Phi) is 6.28. The van der Waals surface area contributed by atoms with Crippen molar-refractivity contribution in [1.29, 1.82) is 0 Å². The number of benzene rings is 1. The minimum atomic E-state index is -3.75. The number of nitrogens with zero attached hydrogens (tertiary/aromatic N) is 1. The molecule has 0 bridgehead atoms. The molecule has 7 heteroatoms. The van der Waals surface area contributed by atoms with Gasteiger partial charge in [0, 0.05) is 11.6 Å². The molecule has 0 spiro atoms. The minimum Gasteiger partial charge on any atom is -0.355 e. The summed E-state index contributed by atoms with van der Waals surface area (Å²) in [5, 5.41) is 3.31. The van der Waals surface area contributed by atoms with Crippen LogP contribution < -0.4 is 5.32 Å². The van der Waals surface area contributed by atoms with E-state index in [4.69, 9.17) is 11.6 Å². The number of rotatable bonds is 7. The van der Waals surface area contributed by atoms with Crippen molar-refractivity contribution < 1.29 is 13.2 Å². The molecule has 1 N–H and O–H groups in total. The number of amides is 1. The van der Waals surface area contributed by atoms with E-state index in [0.717, 1.165) is 25.8 Å². The van der Waals surface area contributed by atoms with E-state index in [-0.39, 0.29) is 10.8 Å². The monoisotopic (exact) mass is 372 g/mol. The highest BCUT2D eigenvalue weighted by Crippen LogP contribution is 2.41. The average molecular weight is 373 g/mol. The van der Waals surface area contributed by atoms with Crippen LogP contribution >= 0.6 is 11.6 Å². The number of sulfone groups is 1. The zero-order valence-electron chi connectivity index (χ0n) is 14.2. The predicted molar refractivity (Wildman–Crippen MR) is 96.0 cm³/mol. The molecule has 0 aromatic heterocycles. The van der Waals surface area contributed by atoms with Crippen molar-refractivity contribution in [3.05, 3.63) is 29.3 Å². The molecule has 1 aliphatic rings. The van der Waals surface area contributed by atoms with Gasteiger partial charge in [0.05, 0.1) is 4.90 Å². The van der Waals surface area contributed by atoms with Gasteiger partial charge in [0.15, 0.2) is 14.6 Å². The van der Waals surface area contributed by atoms with Gasteiger partial charge in [-0.15, -0.1) is 0 Å². The molecule has 0 saturated heterocycles. The largest absolute Gasteiger partial charge is 0.355 e. The highest BCUT2D eigenvalue weighted by molar-refractivity contribution is 7.93. The van der Waals surface area contributed by atoms with Crippen LogP contribution in [-0.2, 0) is 14.6 Å². The van der Waals surface area contributed by atoms with Crippen LogP contribution in [0.15, 0.2) is 29.2 Å². The molecule has 134 valence electrons. The molecule has 1 aromatic rings. The molecule has 1 aromatic carbocycles. The number of hydrogen-bond donors (Lipinski definition) is 1. The lowest BCUT2D eigenvalue weighted by molar-refractivity contribution is -0.123. The van der Waals surface area contributed by atoms with Gasteiger partial charge in [-0.1, -0.05) is 24.4 Å². The van der Waals surface area contributed by atoms with Gasteiger partial charge in [-0.2, -0.15) is 0 Å². The normalized spacial score (nSPS) is 17.2. The predicted octanol–water partition coefficient (Wildman–Crippen LogP) is 2.49. The Labute approximate surface area is 149 Å². The van der Waals surface area contributed by atoms with Gasteiger partial charge in [-0.05, 0) is 64.2 Å². The highest BCUT2D eigenvalue weighted by Gasteiger charge is 2.52. The summed E-state index contributed by atoms with van der Waals surface area (Å²) in [6, 6.07) is 6.06. The first-order valence-electron chi connectivity index (χ1n) is 8.23. The summed E-state index contributed by atoms with van der Waals surface area (Å²) in [6.45, 7) is 1.33. The first kappa shape index (κ1) is 19.2. The Morgan fingerprint density at radius 3 is 2.33 bits per heavy atom. The highest BCUT2D eigenvalue weighted by atomic mass is 35.5. The molecule has 0 atom stereocenters. The fourth-order valence-corrected chi connectivity index (χ4v) is 5.38. The zero-order chi connectivity index (χ0) is 17.8. The molecule has 2 rings (SSSR count). The molecular weight excluding hydrogens is 348 g/mol. The smallest absolute Gasteiger partial charge is 0.241 e. The minimum absolute atomic E-state index is 0.164. The molecule has 0 heterocycles. The second kappa shape index (κ2) is 7.85. The first-order chi connectivity index (χ1) is 11.3. The van der Waals surface area contributed by atoms with Gasteiger partial charge in [0.1, 0.15) is 0 Å². The first-order valence-corrected chi connectivity index (χ1v) is 10.1. The fourth-order valence-electron chi connectivity index (χ4n) is 3.16. The summed E-state index contributed by atoms with van der Waals surface area (Å²) < 4.78 is 24.9. The second-order valence-electron chi connectivity index (χ2n) is 6.57. The summed E-state index contributed by atoms with van der Waals surface area (Å²) in [6.07, 6.45) is 3.03. The Bertz CT molecular complexity index is 666. The maximum absolute atomic E-state index is 13.1. The van der Waals surface area contributed by atoms with Crippen molar-refractivity contribution in [2.45, 2.75) is 41.7 Å². The van der Waals surface area contributed by atoms with Gasteiger partial charge < -0.3 is 10.2 Å². The van der Waals surface area contributed by atoms with Crippen molar-refractivity contribution in [1.82, 2.24) is 10.2 Å². The molecule has 24 heavy (non-hydrogen) atoms. The topological polar surface area (TPSA) is 66.5 Å². The Hall–Kier alpha value is -1.11. The van der Waals surface area contributed by atoms with Crippen LogP contribution in [0, 0.1) is 0 Å². The van der Waals surface area contributed by atoms with E-state index in [0.29, 0.717) is 24.4 Å². The lowest BCUT2D eigenvalue weighted by Crippen LogP contribution is -2.51. The van der Waals surface area contributed by atoms with Gasteiger partial charge in [-0.3, -0.25) is 4.79 Å². The Morgan fingerprint density at radius 2 is 1.79 bits per heavy atom. The van der Waals surface area contributed by atoms with E-state index >= 15 is 0 Å². The summed E-state index contributed by atoms with van der Waals surface area (Å²) >= 11 is 5.85. The Balaban J connectivity index is 2.20. The standard InChI is InChI=1S/C17H25ClN2O3S/c1-20(2)13-5-12-19-16(21)17(10-3-4-11-17)24(22,23)15-8-6-14(18)7-9-15/h6-9H,3-5,10-13H2,1-2H3,(H,19,21). The van der Waals surface area contributed by atoms with E-state index in [9.17, 15) is 13.2 Å². The van der Waals surface area contributed by atoms with Crippen LogP contribution in [0.2, 0.25) is 5.02 Å². The summed E-state index contributed by atoms with van der Waals surface area (Å²) in [4.78, 5) is 15.0. The maximum Gasteiger partial charge on any atom is 0.241 e. The Morgan fingerprint density at radius 1 is 1.21 bits per heavy atom. The number of carbonyl (C=O) groups is 1. The zero-order valence-corrected chi connectivity index (χ0v) is 15.8. The fraction of sp³-hybridized carbons (Fsp3) is 0.588. The van der Waals surface area contributed by atoms with Crippen LogP contribution in [0.3, 0.4) is 0 Å². The molecule has 5 nitrogen and oxygen atoms in total. The molecule has 0 unspecified atom stereocenters. The van der Waals surface area contributed by atoms with Gasteiger partial charge >= 0.3 is 0 Å². The van der Waals surface area contributed by atoms with E-state index in [1.54, 1.807) is 12.1 Å². The van der Waals surface area contributed by atoms with Crippen LogP contribution in [0.25, 0.3) is 0 Å².